The van der Waals surface area contributed by atoms with Crippen LogP contribution in [0, 0.1) is 12.7 Å². The molecule has 2 N–H and O–H groups in total. The van der Waals surface area contributed by atoms with Gasteiger partial charge in [-0.1, -0.05) is 23.7 Å². The van der Waals surface area contributed by atoms with Crippen molar-refractivity contribution in [1.29, 1.82) is 0 Å². The molecule has 0 bridgehead atoms. The molecule has 0 radical (unpaired) electrons. The van der Waals surface area contributed by atoms with Gasteiger partial charge in [-0.05, 0) is 42.3 Å². The molecule has 5 heteroatoms. The summed E-state index contributed by atoms with van der Waals surface area (Å²) >= 11 is 5.65. The maximum atomic E-state index is 13.0. The Bertz CT molecular complexity index is 658. The van der Waals surface area contributed by atoms with Crippen LogP contribution in [0.4, 0.5) is 10.1 Å². The van der Waals surface area contributed by atoms with Crippen molar-refractivity contribution in [3.63, 3.8) is 0 Å². The van der Waals surface area contributed by atoms with Crippen LogP contribution in [0.2, 0.25) is 5.02 Å². The topological polar surface area (TPSA) is 52.3 Å². The fraction of sp³-hybridized carbons (Fsp3) is 0.133. The first-order chi connectivity index (χ1) is 9.47. The molecule has 0 atom stereocenters. The van der Waals surface area contributed by atoms with E-state index in [9.17, 15) is 9.18 Å². The SMILES string of the molecule is Cc1ccc(C(=O)OCc2ccc(F)c(Cl)c2)cc1N. The van der Waals surface area contributed by atoms with Gasteiger partial charge in [0.05, 0.1) is 10.6 Å². The molecule has 0 aliphatic rings. The lowest BCUT2D eigenvalue weighted by Gasteiger charge is -2.07. The Balaban J connectivity index is 2.04. The largest absolute Gasteiger partial charge is 0.457 e. The normalized spacial score (nSPS) is 10.3. The summed E-state index contributed by atoms with van der Waals surface area (Å²) in [6.45, 7) is 1.87. The van der Waals surface area contributed by atoms with Crippen molar-refractivity contribution in [2.45, 2.75) is 13.5 Å². The number of ether oxygens (including phenoxy) is 1. The van der Waals surface area contributed by atoms with Crippen LogP contribution in [0.25, 0.3) is 0 Å². The van der Waals surface area contributed by atoms with E-state index < -0.39 is 11.8 Å². The second-order valence-electron chi connectivity index (χ2n) is 4.40. The number of nitrogen functional groups attached to an aromatic ring is 1. The number of hydrogen-bond acceptors (Lipinski definition) is 3. The summed E-state index contributed by atoms with van der Waals surface area (Å²) < 4.78 is 18.1. The summed E-state index contributed by atoms with van der Waals surface area (Å²) in [4.78, 5) is 11.8. The predicted molar refractivity (Wildman–Crippen MR) is 76.1 cm³/mol. The molecule has 2 rings (SSSR count). The van der Waals surface area contributed by atoms with Gasteiger partial charge in [0.2, 0.25) is 0 Å². The Hall–Kier alpha value is -2.07. The summed E-state index contributed by atoms with van der Waals surface area (Å²) in [6.07, 6.45) is 0. The van der Waals surface area contributed by atoms with Crippen LogP contribution in [0.3, 0.4) is 0 Å². The second kappa shape index (κ2) is 5.92. The second-order valence-corrected chi connectivity index (χ2v) is 4.80. The lowest BCUT2D eigenvalue weighted by molar-refractivity contribution is 0.0473. The summed E-state index contributed by atoms with van der Waals surface area (Å²) in [5.74, 6) is -0.995. The summed E-state index contributed by atoms with van der Waals surface area (Å²) in [6, 6.07) is 9.13. The number of aryl methyl sites for hydroxylation is 1. The maximum absolute atomic E-state index is 13.0. The predicted octanol–water partition coefficient (Wildman–Crippen LogP) is 3.73. The molecule has 104 valence electrons. The van der Waals surface area contributed by atoms with Gasteiger partial charge < -0.3 is 10.5 Å². The molecule has 3 nitrogen and oxygen atoms in total. The summed E-state index contributed by atoms with van der Waals surface area (Å²) in [5, 5.41) is -0.00173. The van der Waals surface area contributed by atoms with E-state index in [1.165, 1.54) is 18.2 Å². The van der Waals surface area contributed by atoms with E-state index in [2.05, 4.69) is 0 Å². The Morgan fingerprint density at radius 2 is 2.05 bits per heavy atom. The highest BCUT2D eigenvalue weighted by Crippen LogP contribution is 2.18. The van der Waals surface area contributed by atoms with Crippen LogP contribution >= 0.6 is 11.6 Å². The van der Waals surface area contributed by atoms with Crippen LogP contribution in [-0.4, -0.2) is 5.97 Å². The molecule has 2 aromatic carbocycles. The van der Waals surface area contributed by atoms with Gasteiger partial charge in [0, 0.05) is 5.69 Å². The number of esters is 1. The van der Waals surface area contributed by atoms with E-state index in [1.807, 2.05) is 6.92 Å². The van der Waals surface area contributed by atoms with Gasteiger partial charge in [0.25, 0.3) is 0 Å². The first-order valence-electron chi connectivity index (χ1n) is 5.94. The molecule has 2 aromatic rings. The molecule has 20 heavy (non-hydrogen) atoms. The van der Waals surface area contributed by atoms with E-state index in [4.69, 9.17) is 22.1 Å². The molecule has 0 aromatic heterocycles. The van der Waals surface area contributed by atoms with Crippen LogP contribution in [0.1, 0.15) is 21.5 Å². The van der Waals surface area contributed by atoms with Gasteiger partial charge in [-0.3, -0.25) is 0 Å². The third kappa shape index (κ3) is 3.27. The van der Waals surface area contributed by atoms with Crippen molar-refractivity contribution in [3.8, 4) is 0 Å². The number of carbonyl (C=O) groups is 1. The number of benzene rings is 2. The first-order valence-corrected chi connectivity index (χ1v) is 6.32. The summed E-state index contributed by atoms with van der Waals surface area (Å²) in [7, 11) is 0. The van der Waals surface area contributed by atoms with Crippen LogP contribution in [0.5, 0.6) is 0 Å². The van der Waals surface area contributed by atoms with Crippen LogP contribution in [0.15, 0.2) is 36.4 Å². The zero-order valence-electron chi connectivity index (χ0n) is 10.8. The third-order valence-corrected chi connectivity index (χ3v) is 3.16. The van der Waals surface area contributed by atoms with Crippen LogP contribution < -0.4 is 5.73 Å². The third-order valence-electron chi connectivity index (χ3n) is 2.87. The minimum atomic E-state index is -0.506. The average Bonchev–Trinajstić information content (AvgIpc) is 2.43. The van der Waals surface area contributed by atoms with Crippen LogP contribution in [-0.2, 0) is 11.3 Å². The minimum absolute atomic E-state index is 0.00173. The molecule has 0 fully saturated rings. The fourth-order valence-corrected chi connectivity index (χ4v) is 1.83. The highest BCUT2D eigenvalue weighted by molar-refractivity contribution is 6.30. The highest BCUT2D eigenvalue weighted by atomic mass is 35.5. The Morgan fingerprint density at radius 1 is 1.30 bits per heavy atom. The Kier molecular flexibility index (Phi) is 4.25. The van der Waals surface area contributed by atoms with Gasteiger partial charge in [-0.25, -0.2) is 9.18 Å². The van der Waals surface area contributed by atoms with E-state index in [1.54, 1.807) is 18.2 Å². The van der Waals surface area contributed by atoms with Gasteiger partial charge in [0.15, 0.2) is 0 Å². The van der Waals surface area contributed by atoms with Crippen molar-refractivity contribution >= 4 is 23.3 Å². The molecule has 0 aliphatic carbocycles. The van der Waals surface area contributed by atoms with E-state index in [-0.39, 0.29) is 11.6 Å². The van der Waals surface area contributed by atoms with Gasteiger partial charge in [-0.2, -0.15) is 0 Å². The number of anilines is 1. The van der Waals surface area contributed by atoms with Gasteiger partial charge in [0.1, 0.15) is 12.4 Å². The molecule has 0 spiro atoms. The number of rotatable bonds is 3. The van der Waals surface area contributed by atoms with Gasteiger partial charge >= 0.3 is 5.97 Å². The maximum Gasteiger partial charge on any atom is 0.338 e. The van der Waals surface area contributed by atoms with Crippen molar-refractivity contribution in [2.24, 2.45) is 0 Å². The lowest BCUT2D eigenvalue weighted by Crippen LogP contribution is -2.06. The summed E-state index contributed by atoms with van der Waals surface area (Å²) in [5.41, 5.74) is 8.15. The number of hydrogen-bond donors (Lipinski definition) is 1. The number of carbonyl (C=O) groups excluding carboxylic acids is 1. The first kappa shape index (κ1) is 14.3. The van der Waals surface area contributed by atoms with Crippen molar-refractivity contribution in [1.82, 2.24) is 0 Å². The van der Waals surface area contributed by atoms with E-state index in [0.717, 1.165) is 5.56 Å². The van der Waals surface area contributed by atoms with Gasteiger partial charge in [-0.15, -0.1) is 0 Å². The number of nitrogens with two attached hydrogens (primary N) is 1. The monoisotopic (exact) mass is 293 g/mol. The molecule has 0 heterocycles. The molecule has 0 amide bonds. The van der Waals surface area contributed by atoms with Crippen molar-refractivity contribution in [3.05, 3.63) is 63.9 Å². The zero-order chi connectivity index (χ0) is 14.7. The van der Waals surface area contributed by atoms with E-state index in [0.29, 0.717) is 16.8 Å². The number of halogens is 2. The van der Waals surface area contributed by atoms with Crippen molar-refractivity contribution < 1.29 is 13.9 Å². The fourth-order valence-electron chi connectivity index (χ4n) is 1.63. The zero-order valence-corrected chi connectivity index (χ0v) is 11.6. The molecular weight excluding hydrogens is 281 g/mol. The minimum Gasteiger partial charge on any atom is -0.457 e. The smallest absolute Gasteiger partial charge is 0.338 e. The molecule has 0 aliphatic heterocycles. The molecule has 0 saturated carbocycles. The molecular formula is C15H13ClFNO2. The highest BCUT2D eigenvalue weighted by Gasteiger charge is 2.09. The van der Waals surface area contributed by atoms with E-state index >= 15 is 0 Å². The standard InChI is InChI=1S/C15H13ClFNO2/c1-9-2-4-11(7-14(9)18)15(19)20-8-10-3-5-13(17)12(16)6-10/h2-7H,8,18H2,1H3. The Morgan fingerprint density at radius 3 is 2.70 bits per heavy atom. The average molecular weight is 294 g/mol. The molecule has 0 unspecified atom stereocenters. The Labute approximate surface area is 121 Å². The molecule has 0 saturated heterocycles. The van der Waals surface area contributed by atoms with Crippen molar-refractivity contribution in [2.75, 3.05) is 5.73 Å². The quantitative estimate of drug-likeness (QED) is 0.693. The lowest BCUT2D eigenvalue weighted by atomic mass is 10.1.